The van der Waals surface area contributed by atoms with Gasteiger partial charge in [-0.2, -0.15) is 0 Å². The van der Waals surface area contributed by atoms with Crippen molar-refractivity contribution in [1.29, 1.82) is 0 Å². The lowest BCUT2D eigenvalue weighted by molar-refractivity contribution is 0.382. The van der Waals surface area contributed by atoms with E-state index in [1.807, 2.05) is 0 Å². The van der Waals surface area contributed by atoms with Gasteiger partial charge in [0.05, 0.1) is 11.6 Å². The molecule has 0 amide bonds. The van der Waals surface area contributed by atoms with Gasteiger partial charge in [-0.25, -0.2) is 4.39 Å². The molecule has 0 radical (unpaired) electrons. The summed E-state index contributed by atoms with van der Waals surface area (Å²) in [6.07, 6.45) is 4.78. The molecule has 0 bridgehead atoms. The van der Waals surface area contributed by atoms with Crippen molar-refractivity contribution in [3.63, 3.8) is 0 Å². The highest BCUT2D eigenvalue weighted by molar-refractivity contribution is 9.10. The normalized spacial score (nSPS) is 18.4. The molecule has 1 aromatic rings. The number of hydrogen-bond donors (Lipinski definition) is 1. The van der Waals surface area contributed by atoms with Crippen LogP contribution in [0.3, 0.4) is 0 Å². The largest absolute Gasteiger partial charge is 0.496 e. The van der Waals surface area contributed by atoms with Crippen molar-refractivity contribution in [2.24, 2.45) is 11.7 Å². The lowest BCUT2D eigenvalue weighted by Crippen LogP contribution is -2.20. The Morgan fingerprint density at radius 3 is 2.65 bits per heavy atom. The Bertz CT molecular complexity index is 405. The summed E-state index contributed by atoms with van der Waals surface area (Å²) in [4.78, 5) is 0. The van der Waals surface area contributed by atoms with Crippen molar-refractivity contribution in [2.75, 3.05) is 7.11 Å². The van der Waals surface area contributed by atoms with E-state index in [-0.39, 0.29) is 11.9 Å². The summed E-state index contributed by atoms with van der Waals surface area (Å²) in [5, 5.41) is 0. The standard InChI is InChI=1S/C13H17BrFNO/c1-17-12-7-11(15)10(14)6-9(12)13(16)8-4-2-3-5-8/h6-8,13H,2-5,16H2,1H3. The Labute approximate surface area is 109 Å². The van der Waals surface area contributed by atoms with E-state index in [0.29, 0.717) is 16.1 Å². The van der Waals surface area contributed by atoms with Crippen molar-refractivity contribution in [2.45, 2.75) is 31.7 Å². The number of ether oxygens (including phenoxy) is 1. The fourth-order valence-corrected chi connectivity index (χ4v) is 2.91. The van der Waals surface area contributed by atoms with Crippen LogP contribution in [0, 0.1) is 11.7 Å². The van der Waals surface area contributed by atoms with Crippen LogP contribution in [0.4, 0.5) is 4.39 Å². The lowest BCUT2D eigenvalue weighted by atomic mass is 9.92. The van der Waals surface area contributed by atoms with Crippen LogP contribution in [-0.2, 0) is 0 Å². The number of hydrogen-bond acceptors (Lipinski definition) is 2. The van der Waals surface area contributed by atoms with Crippen molar-refractivity contribution in [3.8, 4) is 5.75 Å². The van der Waals surface area contributed by atoms with E-state index in [1.54, 1.807) is 13.2 Å². The molecule has 1 aliphatic rings. The molecule has 4 heteroatoms. The molecule has 2 nitrogen and oxygen atoms in total. The van der Waals surface area contributed by atoms with E-state index >= 15 is 0 Å². The maximum Gasteiger partial charge on any atom is 0.141 e. The molecule has 0 saturated heterocycles. The van der Waals surface area contributed by atoms with E-state index in [4.69, 9.17) is 10.5 Å². The minimum Gasteiger partial charge on any atom is -0.496 e. The predicted molar refractivity (Wildman–Crippen MR) is 69.5 cm³/mol. The summed E-state index contributed by atoms with van der Waals surface area (Å²) < 4.78 is 19.1. The van der Waals surface area contributed by atoms with Crippen LogP contribution in [0.1, 0.15) is 37.3 Å². The van der Waals surface area contributed by atoms with Crippen LogP contribution < -0.4 is 10.5 Å². The Hall–Kier alpha value is -0.610. The van der Waals surface area contributed by atoms with Crippen molar-refractivity contribution in [3.05, 3.63) is 28.0 Å². The maximum absolute atomic E-state index is 13.4. The highest BCUT2D eigenvalue weighted by Crippen LogP contribution is 2.39. The molecule has 2 N–H and O–H groups in total. The summed E-state index contributed by atoms with van der Waals surface area (Å²) in [6, 6.07) is 3.08. The van der Waals surface area contributed by atoms with Crippen molar-refractivity contribution >= 4 is 15.9 Å². The smallest absolute Gasteiger partial charge is 0.141 e. The fourth-order valence-electron chi connectivity index (χ4n) is 2.55. The number of methoxy groups -OCH3 is 1. The first kappa shape index (κ1) is 12.8. The molecule has 1 fully saturated rings. The van der Waals surface area contributed by atoms with Gasteiger partial charge < -0.3 is 10.5 Å². The summed E-state index contributed by atoms with van der Waals surface area (Å²) >= 11 is 3.20. The van der Waals surface area contributed by atoms with Gasteiger partial charge in [0.25, 0.3) is 0 Å². The van der Waals surface area contributed by atoms with E-state index in [9.17, 15) is 4.39 Å². The zero-order chi connectivity index (χ0) is 12.4. The average molecular weight is 302 g/mol. The zero-order valence-electron chi connectivity index (χ0n) is 9.88. The Morgan fingerprint density at radius 1 is 1.41 bits per heavy atom. The minimum atomic E-state index is -0.316. The first-order valence-corrected chi connectivity index (χ1v) is 6.71. The summed E-state index contributed by atoms with van der Waals surface area (Å²) in [5.74, 6) is 0.718. The molecule has 1 saturated carbocycles. The van der Waals surface area contributed by atoms with Crippen molar-refractivity contribution in [1.82, 2.24) is 0 Å². The molecule has 0 spiro atoms. The van der Waals surface area contributed by atoms with Crippen LogP contribution >= 0.6 is 15.9 Å². The molecule has 94 valence electrons. The van der Waals surface area contributed by atoms with Gasteiger partial charge in [-0.15, -0.1) is 0 Å². The second-order valence-electron chi connectivity index (χ2n) is 4.58. The molecular weight excluding hydrogens is 285 g/mol. The maximum atomic E-state index is 13.4. The van der Waals surface area contributed by atoms with Crippen LogP contribution in [-0.4, -0.2) is 7.11 Å². The summed E-state index contributed by atoms with van der Waals surface area (Å²) in [5.41, 5.74) is 7.17. The van der Waals surface area contributed by atoms with Gasteiger partial charge in [0.15, 0.2) is 0 Å². The van der Waals surface area contributed by atoms with Crippen LogP contribution in [0.15, 0.2) is 16.6 Å². The van der Waals surface area contributed by atoms with E-state index in [2.05, 4.69) is 15.9 Å². The molecule has 1 aromatic carbocycles. The topological polar surface area (TPSA) is 35.2 Å². The quantitative estimate of drug-likeness (QED) is 0.922. The molecule has 17 heavy (non-hydrogen) atoms. The van der Waals surface area contributed by atoms with Crippen LogP contribution in [0.2, 0.25) is 0 Å². The highest BCUT2D eigenvalue weighted by atomic mass is 79.9. The molecule has 0 aliphatic heterocycles. The van der Waals surface area contributed by atoms with Gasteiger partial charge in [0.2, 0.25) is 0 Å². The van der Waals surface area contributed by atoms with Gasteiger partial charge in [-0.05, 0) is 40.8 Å². The lowest BCUT2D eigenvalue weighted by Gasteiger charge is -2.21. The molecule has 2 rings (SSSR count). The first-order valence-electron chi connectivity index (χ1n) is 5.92. The van der Waals surface area contributed by atoms with Crippen LogP contribution in [0.5, 0.6) is 5.75 Å². The van der Waals surface area contributed by atoms with Gasteiger partial charge in [-0.1, -0.05) is 12.8 Å². The van der Waals surface area contributed by atoms with Crippen LogP contribution in [0.25, 0.3) is 0 Å². The minimum absolute atomic E-state index is 0.0654. The monoisotopic (exact) mass is 301 g/mol. The number of nitrogens with two attached hydrogens (primary N) is 1. The third kappa shape index (κ3) is 2.63. The zero-order valence-corrected chi connectivity index (χ0v) is 11.5. The first-order chi connectivity index (χ1) is 8.13. The SMILES string of the molecule is COc1cc(F)c(Br)cc1C(N)C1CCCC1. The third-order valence-electron chi connectivity index (χ3n) is 3.54. The number of benzene rings is 1. The second kappa shape index (κ2) is 5.36. The van der Waals surface area contributed by atoms with Gasteiger partial charge >= 0.3 is 0 Å². The van der Waals surface area contributed by atoms with Gasteiger partial charge in [0, 0.05) is 17.7 Å². The molecule has 1 atom stereocenters. The summed E-state index contributed by atoms with van der Waals surface area (Å²) in [6.45, 7) is 0. The Balaban J connectivity index is 2.32. The Kier molecular flexibility index (Phi) is 4.05. The Morgan fingerprint density at radius 2 is 2.06 bits per heavy atom. The molecule has 1 aliphatic carbocycles. The van der Waals surface area contributed by atoms with Crippen molar-refractivity contribution < 1.29 is 9.13 Å². The number of halogens is 2. The van der Waals surface area contributed by atoms with Gasteiger partial charge in [-0.3, -0.25) is 0 Å². The molecular formula is C13H17BrFNO. The van der Waals surface area contributed by atoms with E-state index in [1.165, 1.54) is 18.9 Å². The summed E-state index contributed by atoms with van der Waals surface area (Å²) in [7, 11) is 1.55. The predicted octanol–water partition coefficient (Wildman–Crippen LogP) is 3.79. The molecule has 0 heterocycles. The number of rotatable bonds is 3. The fraction of sp³-hybridized carbons (Fsp3) is 0.538. The average Bonchev–Trinajstić information content (AvgIpc) is 2.84. The van der Waals surface area contributed by atoms with E-state index in [0.717, 1.165) is 18.4 Å². The second-order valence-corrected chi connectivity index (χ2v) is 5.43. The third-order valence-corrected chi connectivity index (χ3v) is 4.15. The molecule has 1 unspecified atom stereocenters. The molecule has 0 aromatic heterocycles. The van der Waals surface area contributed by atoms with E-state index < -0.39 is 0 Å². The van der Waals surface area contributed by atoms with Gasteiger partial charge in [0.1, 0.15) is 11.6 Å². The highest BCUT2D eigenvalue weighted by Gasteiger charge is 2.26.